The van der Waals surface area contributed by atoms with Crippen LogP contribution >= 0.6 is 11.6 Å². The zero-order valence-corrected chi connectivity index (χ0v) is 39.0. The third kappa shape index (κ3) is 13.8. The van der Waals surface area contributed by atoms with Gasteiger partial charge in [0.05, 0.1) is 0 Å². The van der Waals surface area contributed by atoms with Crippen molar-refractivity contribution in [3.63, 3.8) is 0 Å². The Bertz CT molecular complexity index is 2220. The molecule has 342 valence electrons. The third-order valence-electron chi connectivity index (χ3n) is 12.0. The Labute approximate surface area is 382 Å². The zero-order valence-electron chi connectivity index (χ0n) is 38.2. The first kappa shape index (κ1) is 48.0. The second-order valence-electron chi connectivity index (χ2n) is 19.5. The molecule has 0 aromatic heterocycles. The number of hydrogen-bond donors (Lipinski definition) is 2. The van der Waals surface area contributed by atoms with Crippen LogP contribution in [0.4, 0.5) is 15.3 Å². The summed E-state index contributed by atoms with van der Waals surface area (Å²) in [5.74, 6) is -0.000825. The lowest BCUT2D eigenvalue weighted by atomic mass is 9.77. The Kier molecular flexibility index (Phi) is 15.8. The number of anilines is 1. The average molecular weight is 896 g/mol. The molecule has 14 heteroatoms. The van der Waals surface area contributed by atoms with Crippen molar-refractivity contribution in [2.24, 2.45) is 38.9 Å². The molecule has 2 fully saturated rings. The number of alkyl carbamates (subject to hydrolysis) is 1. The first-order valence-electron chi connectivity index (χ1n) is 22.5. The highest BCUT2D eigenvalue weighted by molar-refractivity contribution is 6.33. The number of aliphatic imine (C=N–C) groups is 1. The van der Waals surface area contributed by atoms with Gasteiger partial charge in [0.1, 0.15) is 17.0 Å². The van der Waals surface area contributed by atoms with Gasteiger partial charge in [0.25, 0.3) is 0 Å². The number of Topliss-reactive ketones (excluding diaryl/α,β-unsaturated/α-hetero) is 2. The van der Waals surface area contributed by atoms with Gasteiger partial charge in [0, 0.05) is 71.2 Å². The molecule has 0 radical (unpaired) electrons. The van der Waals surface area contributed by atoms with E-state index in [0.717, 1.165) is 47.9 Å². The van der Waals surface area contributed by atoms with Crippen LogP contribution < -0.4 is 10.6 Å². The van der Waals surface area contributed by atoms with Crippen molar-refractivity contribution < 1.29 is 33.4 Å². The van der Waals surface area contributed by atoms with Gasteiger partial charge in [0.2, 0.25) is 5.91 Å². The quantitative estimate of drug-likeness (QED) is 0.152. The Morgan fingerprint density at radius 1 is 0.828 bits per heavy atom. The maximum Gasteiger partial charge on any atom is 0.410 e. The summed E-state index contributed by atoms with van der Waals surface area (Å²) < 4.78 is 11.0. The first-order chi connectivity index (χ1) is 30.3. The number of nitrogens with zero attached hydrogens (tertiary/aromatic N) is 4. The number of carbonyl (C=O) groups excluding carboxylic acids is 5. The minimum Gasteiger partial charge on any atom is -0.444 e. The molecule has 0 bridgehead atoms. The number of benzene rings is 3. The standard InChI is InChI=1S/C50H63ClN6O7/c1-31-24-34(22-23-57(31)48(62)64-50(5,6)7)26-43(58)38-18-21-41(42(51)27-38)35-12-8-32(9-13-35)25-39(46(60)55-40-19-16-37(17-20-40)45-53-30-54-56-45)28-44(59)36-14-10-33(11-15-36)29-52-47(61)63-49(2,3)4/h8-9,12-13,16-21,27,31,33-34,36,39H,10-11,14-15,22-26,28-30H2,1-7H3,(H,52,61)(H,55,60)/t31?,33?,34?,36?,39-/m1/s1. The lowest BCUT2D eigenvalue weighted by molar-refractivity contribution is -0.129. The van der Waals surface area contributed by atoms with Crippen LogP contribution in [0.3, 0.4) is 0 Å². The molecule has 6 rings (SSSR count). The van der Waals surface area contributed by atoms with Crippen molar-refractivity contribution in [2.45, 2.75) is 123 Å². The van der Waals surface area contributed by atoms with Crippen LogP contribution in [-0.4, -0.2) is 77.4 Å². The highest BCUT2D eigenvalue weighted by atomic mass is 35.5. The molecule has 3 amide bonds. The Hall–Kier alpha value is -5.43. The summed E-state index contributed by atoms with van der Waals surface area (Å²) in [6, 6.07) is 20.4. The molecule has 3 aliphatic rings. The smallest absolute Gasteiger partial charge is 0.410 e. The van der Waals surface area contributed by atoms with E-state index in [-0.39, 0.29) is 53.8 Å². The van der Waals surface area contributed by atoms with E-state index in [0.29, 0.717) is 67.6 Å². The van der Waals surface area contributed by atoms with Gasteiger partial charge in [-0.25, -0.2) is 14.6 Å². The van der Waals surface area contributed by atoms with E-state index < -0.39 is 23.2 Å². The number of hydrogen-bond acceptors (Lipinski definition) is 10. The van der Waals surface area contributed by atoms with Crippen LogP contribution in [0.2, 0.25) is 5.02 Å². The summed E-state index contributed by atoms with van der Waals surface area (Å²) in [6.45, 7) is 14.4. The van der Waals surface area contributed by atoms with E-state index in [1.54, 1.807) is 23.1 Å². The second-order valence-corrected chi connectivity index (χ2v) is 19.9. The summed E-state index contributed by atoms with van der Waals surface area (Å²) in [4.78, 5) is 72.2. The molecular weight excluding hydrogens is 832 g/mol. The number of amidine groups is 1. The lowest BCUT2D eigenvalue weighted by Crippen LogP contribution is -2.47. The molecular formula is C50H63ClN6O7. The zero-order chi connectivity index (χ0) is 46.2. The van der Waals surface area contributed by atoms with Crippen molar-refractivity contribution in [3.8, 4) is 11.1 Å². The molecule has 1 saturated heterocycles. The highest BCUT2D eigenvalue weighted by Crippen LogP contribution is 2.34. The Balaban J connectivity index is 1.08. The SMILES string of the molecule is CC1CC(CC(=O)c2ccc(-c3ccc(C[C@H](CC(=O)C4CCC(CNC(=O)OC(C)(C)C)CC4)C(=O)Nc4ccc(C5=NCN=N5)cc4)cc3)c(Cl)c2)CCN1C(=O)OC(C)(C)C. The van der Waals surface area contributed by atoms with E-state index in [9.17, 15) is 24.0 Å². The Morgan fingerprint density at radius 2 is 1.50 bits per heavy atom. The molecule has 64 heavy (non-hydrogen) atoms. The lowest BCUT2D eigenvalue weighted by Gasteiger charge is -2.38. The van der Waals surface area contributed by atoms with Crippen LogP contribution in [0.5, 0.6) is 0 Å². The van der Waals surface area contributed by atoms with Crippen LogP contribution in [0.1, 0.15) is 121 Å². The summed E-state index contributed by atoms with van der Waals surface area (Å²) in [5.41, 5.74) is 3.33. The van der Waals surface area contributed by atoms with Crippen molar-refractivity contribution in [1.82, 2.24) is 10.2 Å². The molecule has 0 spiro atoms. The van der Waals surface area contributed by atoms with Gasteiger partial charge in [0.15, 0.2) is 18.3 Å². The predicted molar refractivity (Wildman–Crippen MR) is 249 cm³/mol. The fourth-order valence-corrected chi connectivity index (χ4v) is 8.97. The van der Waals surface area contributed by atoms with E-state index >= 15 is 0 Å². The maximum absolute atomic E-state index is 14.0. The second kappa shape index (κ2) is 21.0. The Morgan fingerprint density at radius 3 is 2.11 bits per heavy atom. The first-order valence-corrected chi connectivity index (χ1v) is 22.9. The summed E-state index contributed by atoms with van der Waals surface area (Å²) in [7, 11) is 0. The van der Waals surface area contributed by atoms with E-state index in [2.05, 4.69) is 25.9 Å². The molecule has 3 aromatic rings. The van der Waals surface area contributed by atoms with Gasteiger partial charge in [-0.3, -0.25) is 14.4 Å². The van der Waals surface area contributed by atoms with E-state index in [1.165, 1.54) is 0 Å². The van der Waals surface area contributed by atoms with Crippen molar-refractivity contribution >= 4 is 52.8 Å². The van der Waals surface area contributed by atoms with Crippen LogP contribution in [0.15, 0.2) is 82.0 Å². The summed E-state index contributed by atoms with van der Waals surface area (Å²) in [5, 5.41) is 14.3. The topological polar surface area (TPSA) is 168 Å². The molecule has 2 aliphatic heterocycles. The third-order valence-corrected chi connectivity index (χ3v) is 12.4. The van der Waals surface area contributed by atoms with Crippen LogP contribution in [-0.2, 0) is 25.5 Å². The molecule has 1 aliphatic carbocycles. The number of nitrogens with one attached hydrogen (secondary N) is 2. The van der Waals surface area contributed by atoms with Crippen molar-refractivity contribution in [3.05, 3.63) is 88.4 Å². The molecule has 1 saturated carbocycles. The molecule has 3 atom stereocenters. The molecule has 3 aromatic carbocycles. The largest absolute Gasteiger partial charge is 0.444 e. The van der Waals surface area contributed by atoms with Gasteiger partial charge in [-0.1, -0.05) is 48.0 Å². The summed E-state index contributed by atoms with van der Waals surface area (Å²) >= 11 is 6.82. The minimum absolute atomic E-state index is 0.0134. The number of azo groups is 1. The van der Waals surface area contributed by atoms with E-state index in [4.69, 9.17) is 21.1 Å². The maximum atomic E-state index is 14.0. The number of carbonyl (C=O) groups is 5. The molecule has 2 unspecified atom stereocenters. The number of piperidine rings is 1. The number of ether oxygens (including phenoxy) is 2. The predicted octanol–water partition coefficient (Wildman–Crippen LogP) is 10.9. The van der Waals surface area contributed by atoms with E-state index in [1.807, 2.05) is 97.0 Å². The van der Waals surface area contributed by atoms with Crippen molar-refractivity contribution in [2.75, 3.05) is 25.1 Å². The van der Waals surface area contributed by atoms with Crippen LogP contribution in [0, 0.1) is 23.7 Å². The molecule has 2 heterocycles. The number of likely N-dealkylation sites (tertiary alicyclic amines) is 1. The van der Waals surface area contributed by atoms with Gasteiger partial charge in [-0.2, -0.15) is 5.11 Å². The fourth-order valence-electron chi connectivity index (χ4n) is 8.68. The van der Waals surface area contributed by atoms with Crippen molar-refractivity contribution in [1.29, 1.82) is 0 Å². The number of rotatable bonds is 14. The number of ketones is 2. The number of amides is 3. The van der Waals surface area contributed by atoms with Gasteiger partial charge in [-0.05, 0) is 147 Å². The highest BCUT2D eigenvalue weighted by Gasteiger charge is 2.34. The normalized spacial score (nSPS) is 20.5. The van der Waals surface area contributed by atoms with Gasteiger partial charge in [-0.15, -0.1) is 5.11 Å². The molecule has 2 N–H and O–H groups in total. The fraction of sp³-hybridized carbons (Fsp3) is 0.520. The van der Waals surface area contributed by atoms with Gasteiger partial charge < -0.3 is 25.0 Å². The minimum atomic E-state index is -0.626. The van der Waals surface area contributed by atoms with Crippen LogP contribution in [0.25, 0.3) is 11.1 Å². The monoisotopic (exact) mass is 894 g/mol. The molecule has 13 nitrogen and oxygen atoms in total. The average Bonchev–Trinajstić information content (AvgIpc) is 3.78. The number of halogens is 1. The van der Waals surface area contributed by atoms with Gasteiger partial charge >= 0.3 is 12.2 Å². The summed E-state index contributed by atoms with van der Waals surface area (Å²) in [6.07, 6.45) is 4.49.